The first-order chi connectivity index (χ1) is 13.7. The number of methoxy groups -OCH3 is 2. The van der Waals surface area contributed by atoms with Gasteiger partial charge in [0.2, 0.25) is 0 Å². The van der Waals surface area contributed by atoms with Gasteiger partial charge in [0.05, 0.1) is 20.3 Å². The smallest absolute Gasteiger partial charge is 0.191 e. The molecule has 3 rings (SSSR count). The summed E-state index contributed by atoms with van der Waals surface area (Å²) in [4.78, 5) is 6.82. The number of halogens is 1. The molecule has 2 heterocycles. The highest BCUT2D eigenvalue weighted by molar-refractivity contribution is 14.0. The van der Waals surface area contributed by atoms with Crippen LogP contribution in [0.4, 0.5) is 0 Å². The average molecular weight is 518 g/mol. The monoisotopic (exact) mass is 518 g/mol. The second-order valence-corrected chi connectivity index (χ2v) is 7.51. The summed E-state index contributed by atoms with van der Waals surface area (Å²) < 4.78 is 16.4. The number of likely N-dealkylation sites (tertiary alicyclic amines) is 1. The van der Waals surface area contributed by atoms with E-state index in [9.17, 15) is 0 Å². The van der Waals surface area contributed by atoms with Crippen LogP contribution in [-0.2, 0) is 11.3 Å². The lowest BCUT2D eigenvalue weighted by Crippen LogP contribution is -2.45. The van der Waals surface area contributed by atoms with E-state index in [1.165, 1.54) is 18.4 Å². The number of aliphatic imine (C=N–C) groups is 1. The van der Waals surface area contributed by atoms with Gasteiger partial charge in [0.25, 0.3) is 0 Å². The van der Waals surface area contributed by atoms with Crippen molar-refractivity contribution in [1.82, 2.24) is 15.5 Å². The molecule has 164 valence electrons. The molecule has 2 atom stereocenters. The Hall–Kier alpha value is -1.26. The SMILES string of the molecule is CN=C(NCCC1CCCO1)NC1CCN(Cc2cc(OC)cc(OC)c2)C1.I. The van der Waals surface area contributed by atoms with Gasteiger partial charge in [-0.25, -0.2) is 0 Å². The zero-order valence-corrected chi connectivity index (χ0v) is 20.1. The Kier molecular flexibility index (Phi) is 10.3. The van der Waals surface area contributed by atoms with Crippen LogP contribution in [0.5, 0.6) is 11.5 Å². The van der Waals surface area contributed by atoms with Crippen molar-refractivity contribution in [2.75, 3.05) is 47.5 Å². The van der Waals surface area contributed by atoms with Crippen molar-refractivity contribution < 1.29 is 14.2 Å². The molecular weight excluding hydrogens is 483 g/mol. The van der Waals surface area contributed by atoms with Gasteiger partial charge in [0, 0.05) is 51.9 Å². The minimum absolute atomic E-state index is 0. The van der Waals surface area contributed by atoms with Crippen molar-refractivity contribution in [3.63, 3.8) is 0 Å². The van der Waals surface area contributed by atoms with Crippen molar-refractivity contribution in [2.24, 2.45) is 4.99 Å². The summed E-state index contributed by atoms with van der Waals surface area (Å²) in [7, 11) is 5.20. The fourth-order valence-electron chi connectivity index (χ4n) is 3.92. The molecule has 2 N–H and O–H groups in total. The van der Waals surface area contributed by atoms with Gasteiger partial charge in [-0.05, 0) is 43.4 Å². The topological polar surface area (TPSA) is 67.4 Å². The Morgan fingerprint density at radius 3 is 2.59 bits per heavy atom. The molecule has 0 aliphatic carbocycles. The third-order valence-electron chi connectivity index (χ3n) is 5.44. The maximum Gasteiger partial charge on any atom is 0.191 e. The normalized spacial score (nSPS) is 22.2. The Bertz CT molecular complexity index is 631. The van der Waals surface area contributed by atoms with Crippen LogP contribution in [0.2, 0.25) is 0 Å². The van der Waals surface area contributed by atoms with Gasteiger partial charge in [-0.1, -0.05) is 0 Å². The van der Waals surface area contributed by atoms with Crippen molar-refractivity contribution in [2.45, 2.75) is 44.4 Å². The number of ether oxygens (including phenoxy) is 3. The van der Waals surface area contributed by atoms with Crippen molar-refractivity contribution in [3.8, 4) is 11.5 Å². The largest absolute Gasteiger partial charge is 0.497 e. The zero-order chi connectivity index (χ0) is 19.8. The van der Waals surface area contributed by atoms with Crippen LogP contribution in [-0.4, -0.2) is 70.5 Å². The summed E-state index contributed by atoms with van der Waals surface area (Å²) in [6, 6.07) is 6.47. The average Bonchev–Trinajstić information content (AvgIpc) is 3.39. The van der Waals surface area contributed by atoms with Gasteiger partial charge in [0.15, 0.2) is 5.96 Å². The van der Waals surface area contributed by atoms with Gasteiger partial charge in [0.1, 0.15) is 11.5 Å². The molecule has 0 spiro atoms. The molecule has 0 aromatic heterocycles. The summed E-state index contributed by atoms with van der Waals surface area (Å²) in [6.45, 7) is 4.74. The number of guanidine groups is 1. The second-order valence-electron chi connectivity index (χ2n) is 7.51. The van der Waals surface area contributed by atoms with E-state index in [0.29, 0.717) is 12.1 Å². The molecule has 2 unspecified atom stereocenters. The highest BCUT2D eigenvalue weighted by Gasteiger charge is 2.23. The van der Waals surface area contributed by atoms with Crippen molar-refractivity contribution in [3.05, 3.63) is 23.8 Å². The molecule has 0 radical (unpaired) electrons. The van der Waals surface area contributed by atoms with E-state index in [2.05, 4.69) is 32.7 Å². The highest BCUT2D eigenvalue weighted by atomic mass is 127. The number of nitrogens with zero attached hydrogens (tertiary/aromatic N) is 2. The molecule has 2 fully saturated rings. The van der Waals surface area contributed by atoms with Crippen LogP contribution in [0, 0.1) is 0 Å². The van der Waals surface area contributed by atoms with Gasteiger partial charge in [-0.3, -0.25) is 9.89 Å². The second kappa shape index (κ2) is 12.4. The van der Waals surface area contributed by atoms with Crippen molar-refractivity contribution in [1.29, 1.82) is 0 Å². The molecule has 2 aliphatic rings. The molecule has 2 aliphatic heterocycles. The van der Waals surface area contributed by atoms with E-state index in [0.717, 1.165) is 63.1 Å². The Morgan fingerprint density at radius 1 is 1.21 bits per heavy atom. The van der Waals surface area contributed by atoms with E-state index >= 15 is 0 Å². The lowest BCUT2D eigenvalue weighted by atomic mass is 10.2. The molecule has 1 aromatic rings. The van der Waals surface area contributed by atoms with Crippen LogP contribution in [0.25, 0.3) is 0 Å². The first-order valence-electron chi connectivity index (χ1n) is 10.2. The maximum atomic E-state index is 5.68. The van der Waals surface area contributed by atoms with Crippen LogP contribution in [0.1, 0.15) is 31.2 Å². The molecule has 1 aromatic carbocycles. The Morgan fingerprint density at radius 2 is 1.97 bits per heavy atom. The van der Waals surface area contributed by atoms with Crippen LogP contribution >= 0.6 is 24.0 Å². The van der Waals surface area contributed by atoms with E-state index in [1.807, 2.05) is 13.1 Å². The van der Waals surface area contributed by atoms with Gasteiger partial charge < -0.3 is 24.8 Å². The summed E-state index contributed by atoms with van der Waals surface area (Å²) >= 11 is 0. The van der Waals surface area contributed by atoms with E-state index in [4.69, 9.17) is 14.2 Å². The van der Waals surface area contributed by atoms with Crippen LogP contribution in [0.3, 0.4) is 0 Å². The Labute approximate surface area is 191 Å². The summed E-state index contributed by atoms with van der Waals surface area (Å²) in [5.74, 6) is 2.55. The van der Waals surface area contributed by atoms with Gasteiger partial charge in [-0.2, -0.15) is 0 Å². The summed E-state index contributed by atoms with van der Waals surface area (Å²) in [5, 5.41) is 6.98. The van der Waals surface area contributed by atoms with Gasteiger partial charge >= 0.3 is 0 Å². The number of nitrogens with one attached hydrogen (secondary N) is 2. The van der Waals surface area contributed by atoms with Crippen molar-refractivity contribution >= 4 is 29.9 Å². The molecule has 0 saturated carbocycles. The predicted molar refractivity (Wildman–Crippen MR) is 127 cm³/mol. The molecular formula is C21H35IN4O3. The van der Waals surface area contributed by atoms with Crippen LogP contribution < -0.4 is 20.1 Å². The summed E-state index contributed by atoms with van der Waals surface area (Å²) in [5.41, 5.74) is 1.20. The quantitative estimate of drug-likeness (QED) is 0.314. The third kappa shape index (κ3) is 7.49. The number of hydrogen-bond donors (Lipinski definition) is 2. The lowest BCUT2D eigenvalue weighted by molar-refractivity contribution is 0.105. The zero-order valence-electron chi connectivity index (χ0n) is 17.8. The Balaban J connectivity index is 0.00000300. The van der Waals surface area contributed by atoms with Crippen LogP contribution in [0.15, 0.2) is 23.2 Å². The van der Waals surface area contributed by atoms with Gasteiger partial charge in [-0.15, -0.1) is 24.0 Å². The number of benzene rings is 1. The molecule has 7 nitrogen and oxygen atoms in total. The molecule has 8 heteroatoms. The first kappa shape index (κ1) is 24.0. The third-order valence-corrected chi connectivity index (χ3v) is 5.44. The highest BCUT2D eigenvalue weighted by Crippen LogP contribution is 2.24. The number of rotatable bonds is 8. The molecule has 2 saturated heterocycles. The molecule has 0 amide bonds. The first-order valence-corrected chi connectivity index (χ1v) is 10.2. The lowest BCUT2D eigenvalue weighted by Gasteiger charge is -2.20. The molecule has 29 heavy (non-hydrogen) atoms. The standard InChI is InChI=1S/C21H34N4O3.HI/c1-22-21(23-8-6-18-5-4-10-28-18)24-17-7-9-25(15-17)14-16-11-19(26-2)13-20(12-16)27-3;/h11-13,17-18H,4-10,14-15H2,1-3H3,(H2,22,23,24);1H. The minimum Gasteiger partial charge on any atom is -0.497 e. The predicted octanol–water partition coefficient (Wildman–Crippen LogP) is 2.63. The maximum absolute atomic E-state index is 5.68. The van der Waals surface area contributed by atoms with E-state index < -0.39 is 0 Å². The molecule has 0 bridgehead atoms. The fourth-order valence-corrected chi connectivity index (χ4v) is 3.92. The van der Waals surface area contributed by atoms with E-state index in [-0.39, 0.29) is 24.0 Å². The van der Waals surface area contributed by atoms with E-state index in [1.54, 1.807) is 14.2 Å². The minimum atomic E-state index is 0. The summed E-state index contributed by atoms with van der Waals surface area (Å²) in [6.07, 6.45) is 4.92. The number of hydrogen-bond acceptors (Lipinski definition) is 5. The fraction of sp³-hybridized carbons (Fsp3) is 0.667.